The van der Waals surface area contributed by atoms with Crippen LogP contribution in [0.25, 0.3) is 0 Å². The van der Waals surface area contributed by atoms with Gasteiger partial charge in [0.1, 0.15) is 0 Å². The van der Waals surface area contributed by atoms with Crippen LogP contribution >= 0.6 is 21.6 Å². The van der Waals surface area contributed by atoms with Crippen LogP contribution in [0.5, 0.6) is 0 Å². The van der Waals surface area contributed by atoms with E-state index in [0.717, 1.165) is 12.3 Å². The third kappa shape index (κ3) is 1.71. The van der Waals surface area contributed by atoms with Crippen LogP contribution in [0.15, 0.2) is 0 Å². The second-order valence-corrected chi connectivity index (χ2v) is 6.76. The molecule has 2 bridgehead atoms. The van der Waals surface area contributed by atoms with Crippen molar-refractivity contribution in [1.29, 1.82) is 0 Å². The van der Waals surface area contributed by atoms with Gasteiger partial charge in [-0.05, 0) is 37.4 Å². The van der Waals surface area contributed by atoms with Crippen LogP contribution in [0.4, 0.5) is 0 Å². The Morgan fingerprint density at radius 1 is 1.38 bits per heavy atom. The molecule has 2 N–H and O–H groups in total. The summed E-state index contributed by atoms with van der Waals surface area (Å²) in [4.78, 5) is 11.1. The quantitative estimate of drug-likeness (QED) is 0.734. The maximum absolute atomic E-state index is 11.1. The summed E-state index contributed by atoms with van der Waals surface area (Å²) in [5.41, 5.74) is 5.39. The number of carbonyl (C=O) groups is 1. The Labute approximate surface area is 86.8 Å². The molecule has 0 heterocycles. The summed E-state index contributed by atoms with van der Waals surface area (Å²) in [6.07, 6.45) is 5.72. The van der Waals surface area contributed by atoms with E-state index in [1.54, 1.807) is 0 Å². The topological polar surface area (TPSA) is 43.1 Å². The van der Waals surface area contributed by atoms with E-state index in [9.17, 15) is 4.79 Å². The highest BCUT2D eigenvalue weighted by atomic mass is 33.1. The number of carbonyl (C=O) groups excluding carboxylic acids is 1. The van der Waals surface area contributed by atoms with Crippen molar-refractivity contribution in [3.8, 4) is 0 Å². The Kier molecular flexibility index (Phi) is 2.79. The van der Waals surface area contributed by atoms with Crippen molar-refractivity contribution >= 4 is 27.5 Å². The molecular formula is C9H15NOS2. The minimum absolute atomic E-state index is 0.0705. The molecule has 74 valence electrons. The molecular weight excluding hydrogens is 202 g/mol. The molecule has 0 aliphatic heterocycles. The highest BCUT2D eigenvalue weighted by Crippen LogP contribution is 2.54. The summed E-state index contributed by atoms with van der Waals surface area (Å²) in [7, 11) is 3.75. The van der Waals surface area contributed by atoms with Crippen molar-refractivity contribution in [3.63, 3.8) is 0 Å². The molecule has 0 spiro atoms. The van der Waals surface area contributed by atoms with Crippen molar-refractivity contribution in [2.45, 2.75) is 24.5 Å². The molecule has 2 saturated carbocycles. The van der Waals surface area contributed by atoms with E-state index >= 15 is 0 Å². The van der Waals surface area contributed by atoms with E-state index in [4.69, 9.17) is 5.73 Å². The van der Waals surface area contributed by atoms with Crippen molar-refractivity contribution in [2.75, 3.05) is 6.26 Å². The van der Waals surface area contributed by atoms with Gasteiger partial charge in [-0.1, -0.05) is 21.6 Å². The van der Waals surface area contributed by atoms with Crippen molar-refractivity contribution in [2.24, 2.45) is 23.5 Å². The summed E-state index contributed by atoms with van der Waals surface area (Å²) < 4.78 is 0. The highest BCUT2D eigenvalue weighted by Gasteiger charge is 2.48. The Hall–Kier alpha value is 0.170. The number of hydrogen-bond donors (Lipinski definition) is 1. The van der Waals surface area contributed by atoms with Crippen LogP contribution in [0.2, 0.25) is 0 Å². The first-order chi connectivity index (χ1) is 6.22. The zero-order valence-electron chi connectivity index (χ0n) is 7.73. The molecule has 13 heavy (non-hydrogen) atoms. The molecule has 0 aromatic heterocycles. The Bertz CT molecular complexity index is 222. The van der Waals surface area contributed by atoms with Gasteiger partial charge < -0.3 is 5.73 Å². The van der Waals surface area contributed by atoms with Gasteiger partial charge in [0, 0.05) is 11.2 Å². The van der Waals surface area contributed by atoms with E-state index < -0.39 is 0 Å². The first kappa shape index (κ1) is 9.71. The van der Waals surface area contributed by atoms with Crippen molar-refractivity contribution < 1.29 is 4.79 Å². The van der Waals surface area contributed by atoms with Gasteiger partial charge in [-0.2, -0.15) is 0 Å². The molecule has 0 aromatic rings. The lowest BCUT2D eigenvalue weighted by atomic mass is 9.88. The van der Waals surface area contributed by atoms with Gasteiger partial charge in [-0.3, -0.25) is 4.79 Å². The molecule has 2 fully saturated rings. The number of hydrogen-bond acceptors (Lipinski definition) is 3. The van der Waals surface area contributed by atoms with Gasteiger partial charge in [0.05, 0.1) is 0 Å². The molecule has 2 aliphatic rings. The fourth-order valence-corrected chi connectivity index (χ4v) is 5.29. The number of fused-ring (bicyclic) bond motifs is 2. The smallest absolute Gasteiger partial charge is 0.220 e. The zero-order chi connectivity index (χ0) is 9.42. The highest BCUT2D eigenvalue weighted by molar-refractivity contribution is 8.76. The van der Waals surface area contributed by atoms with Crippen LogP contribution in [0.1, 0.15) is 19.3 Å². The predicted octanol–water partition coefficient (Wildman–Crippen LogP) is 1.90. The standard InChI is InChI=1S/C9H15NOS2/c1-12-13-8-4-5-2-6(8)7(3-5)9(10)11/h5-8H,2-4H2,1H3,(H2,10,11)/t5?,6?,7-,8-/m1/s1. The Morgan fingerprint density at radius 2 is 2.15 bits per heavy atom. The Morgan fingerprint density at radius 3 is 2.69 bits per heavy atom. The largest absolute Gasteiger partial charge is 0.369 e. The lowest BCUT2D eigenvalue weighted by Crippen LogP contribution is -2.32. The number of rotatable bonds is 3. The van der Waals surface area contributed by atoms with E-state index in [2.05, 4.69) is 6.26 Å². The third-order valence-electron chi connectivity index (χ3n) is 3.34. The summed E-state index contributed by atoms with van der Waals surface area (Å²) >= 11 is 0. The molecule has 1 amide bonds. The van der Waals surface area contributed by atoms with Crippen molar-refractivity contribution in [3.05, 3.63) is 0 Å². The molecule has 0 aromatic carbocycles. The lowest BCUT2D eigenvalue weighted by Gasteiger charge is -2.25. The fourth-order valence-electron chi connectivity index (χ4n) is 2.85. The van der Waals surface area contributed by atoms with Gasteiger partial charge in [-0.25, -0.2) is 0 Å². The summed E-state index contributed by atoms with van der Waals surface area (Å²) in [6, 6.07) is 0. The van der Waals surface area contributed by atoms with Crippen LogP contribution in [0.3, 0.4) is 0 Å². The van der Waals surface area contributed by atoms with E-state index in [1.165, 1.54) is 12.8 Å². The maximum Gasteiger partial charge on any atom is 0.220 e. The Balaban J connectivity index is 2.02. The molecule has 4 heteroatoms. The summed E-state index contributed by atoms with van der Waals surface area (Å²) in [5.74, 6) is 1.48. The van der Waals surface area contributed by atoms with E-state index in [-0.39, 0.29) is 11.8 Å². The minimum Gasteiger partial charge on any atom is -0.369 e. The van der Waals surface area contributed by atoms with Gasteiger partial charge >= 0.3 is 0 Å². The normalized spacial score (nSPS) is 42.5. The minimum atomic E-state index is -0.0705. The monoisotopic (exact) mass is 217 g/mol. The van der Waals surface area contributed by atoms with Gasteiger partial charge in [0.15, 0.2) is 0 Å². The third-order valence-corrected chi connectivity index (χ3v) is 5.64. The van der Waals surface area contributed by atoms with Gasteiger partial charge in [0.25, 0.3) is 0 Å². The van der Waals surface area contributed by atoms with Crippen LogP contribution in [-0.2, 0) is 4.79 Å². The molecule has 4 atom stereocenters. The number of nitrogens with two attached hydrogens (primary N) is 1. The average Bonchev–Trinajstić information content (AvgIpc) is 2.62. The first-order valence-corrected chi connectivity index (χ1v) is 7.33. The summed E-state index contributed by atoms with van der Waals surface area (Å²) in [5, 5.41) is 0.686. The molecule has 2 nitrogen and oxygen atoms in total. The van der Waals surface area contributed by atoms with Gasteiger partial charge in [-0.15, -0.1) is 0 Å². The summed E-state index contributed by atoms with van der Waals surface area (Å²) in [6.45, 7) is 0. The van der Waals surface area contributed by atoms with E-state index in [1.807, 2.05) is 21.6 Å². The number of amides is 1. The second-order valence-electron chi connectivity index (χ2n) is 4.05. The lowest BCUT2D eigenvalue weighted by molar-refractivity contribution is -0.123. The van der Waals surface area contributed by atoms with Gasteiger partial charge in [0.2, 0.25) is 5.91 Å². The average molecular weight is 217 g/mol. The van der Waals surface area contributed by atoms with E-state index in [0.29, 0.717) is 11.2 Å². The fraction of sp³-hybridized carbons (Fsp3) is 0.889. The number of primary amides is 1. The van der Waals surface area contributed by atoms with Crippen molar-refractivity contribution in [1.82, 2.24) is 0 Å². The molecule has 0 saturated heterocycles. The molecule has 2 rings (SSSR count). The van der Waals surface area contributed by atoms with Crippen LogP contribution < -0.4 is 5.73 Å². The van der Waals surface area contributed by atoms with Crippen LogP contribution in [0, 0.1) is 17.8 Å². The SMILES string of the molecule is CSS[C@@H]1CC2CC1[C@H](C(N)=O)C2. The second kappa shape index (κ2) is 3.73. The van der Waals surface area contributed by atoms with Crippen LogP contribution in [-0.4, -0.2) is 17.4 Å². The molecule has 2 aliphatic carbocycles. The molecule has 0 radical (unpaired) electrons. The molecule has 2 unspecified atom stereocenters. The predicted molar refractivity (Wildman–Crippen MR) is 58.4 cm³/mol. The maximum atomic E-state index is 11.1. The first-order valence-electron chi connectivity index (χ1n) is 4.71. The zero-order valence-corrected chi connectivity index (χ0v) is 9.37.